The SMILES string of the molecule is O=P([O-])([O-])OP(=O)([O-])OP(=O)([O-])OC[C@H]1O[C@@H](c2nc3cc(C(F)(F)F)ccc3s2)[C@H](O)[C@@H]1O. The lowest BCUT2D eigenvalue weighted by molar-refractivity contribution is -0.339. The van der Waals surface area contributed by atoms with Crippen LogP contribution < -0.4 is 19.6 Å². The van der Waals surface area contributed by atoms with E-state index in [1.165, 1.54) is 0 Å². The zero-order valence-corrected chi connectivity index (χ0v) is 19.5. The number of halogens is 3. The number of hydrogen-bond acceptors (Lipinski definition) is 15. The molecule has 1 aliphatic heterocycles. The molecule has 6 atom stereocenters. The van der Waals surface area contributed by atoms with Crippen LogP contribution in [0.3, 0.4) is 0 Å². The molecule has 0 bridgehead atoms. The highest BCUT2D eigenvalue weighted by Gasteiger charge is 2.45. The van der Waals surface area contributed by atoms with E-state index in [0.717, 1.165) is 29.5 Å². The standard InChI is InChI=1S/C13H15F3NO13P3S/c14-13(15,16)5-1-2-8-6(3-5)17-12(34-8)11-10(19)9(18)7(28-11)4-27-32(23,24)30-33(25,26)29-31(20,21)22/h1-3,7,9-11,18-19H,4H2,(H,23,24)(H,25,26)(H2,20,21,22)/p-4/t7-,9-,10-,11-/m1/s1. The third kappa shape index (κ3) is 6.90. The molecule has 0 aliphatic carbocycles. The molecule has 192 valence electrons. The fourth-order valence-corrected chi connectivity index (χ4v) is 6.67. The van der Waals surface area contributed by atoms with Gasteiger partial charge in [-0.15, -0.1) is 11.3 Å². The summed E-state index contributed by atoms with van der Waals surface area (Å²) in [7, 11) is -18.3. The fraction of sp³-hybridized carbons (Fsp3) is 0.462. The molecule has 1 fully saturated rings. The summed E-state index contributed by atoms with van der Waals surface area (Å²) in [6, 6.07) is 2.70. The number of aliphatic hydroxyl groups is 2. The molecule has 2 heterocycles. The Labute approximate surface area is 191 Å². The van der Waals surface area contributed by atoms with E-state index in [-0.39, 0.29) is 15.2 Å². The van der Waals surface area contributed by atoms with Crippen molar-refractivity contribution in [2.75, 3.05) is 6.61 Å². The summed E-state index contributed by atoms with van der Waals surface area (Å²) < 4.78 is 87.7. The molecule has 2 aromatic rings. The van der Waals surface area contributed by atoms with Crippen LogP contribution in [0.1, 0.15) is 16.7 Å². The second kappa shape index (κ2) is 9.57. The van der Waals surface area contributed by atoms with E-state index in [4.69, 9.17) is 4.74 Å². The van der Waals surface area contributed by atoms with Crippen molar-refractivity contribution in [1.29, 1.82) is 0 Å². The van der Waals surface area contributed by atoms with Crippen molar-refractivity contribution < 1.29 is 74.5 Å². The minimum atomic E-state index is -6.20. The van der Waals surface area contributed by atoms with Gasteiger partial charge in [0.15, 0.2) is 0 Å². The first-order chi connectivity index (χ1) is 15.4. The van der Waals surface area contributed by atoms with Gasteiger partial charge >= 0.3 is 6.18 Å². The van der Waals surface area contributed by atoms with Gasteiger partial charge in [0.25, 0.3) is 15.6 Å². The van der Waals surface area contributed by atoms with E-state index in [1.54, 1.807) is 0 Å². The number of thiazole rings is 1. The van der Waals surface area contributed by atoms with E-state index in [0.29, 0.717) is 0 Å². The Bertz CT molecular complexity index is 1200. The molecular weight excluding hydrogens is 560 g/mol. The number of ether oxygens (including phenoxy) is 1. The van der Waals surface area contributed by atoms with E-state index >= 15 is 0 Å². The maximum Gasteiger partial charge on any atom is 0.416 e. The fourth-order valence-electron chi connectivity index (χ4n) is 2.78. The number of rotatable bonds is 8. The summed E-state index contributed by atoms with van der Waals surface area (Å²) in [4.78, 5) is 47.3. The molecule has 34 heavy (non-hydrogen) atoms. The lowest BCUT2D eigenvalue weighted by atomic mass is 10.1. The lowest BCUT2D eigenvalue weighted by Gasteiger charge is -2.37. The highest BCUT2D eigenvalue weighted by atomic mass is 32.1. The van der Waals surface area contributed by atoms with Crippen molar-refractivity contribution in [3.8, 4) is 0 Å². The number of nitrogens with zero attached hydrogens (tertiary/aromatic N) is 1. The van der Waals surface area contributed by atoms with Crippen LogP contribution in [0.15, 0.2) is 18.2 Å². The number of fused-ring (bicyclic) bond motifs is 1. The zero-order valence-electron chi connectivity index (χ0n) is 16.0. The van der Waals surface area contributed by atoms with Crippen molar-refractivity contribution in [2.24, 2.45) is 0 Å². The van der Waals surface area contributed by atoms with Gasteiger partial charge in [-0.2, -0.15) is 13.2 Å². The Balaban J connectivity index is 1.70. The molecule has 14 nitrogen and oxygen atoms in total. The first-order valence-electron chi connectivity index (χ1n) is 8.57. The summed E-state index contributed by atoms with van der Waals surface area (Å²) in [5.74, 6) is 0. The first kappa shape index (κ1) is 27.8. The predicted octanol–water partition coefficient (Wildman–Crippen LogP) is -0.708. The van der Waals surface area contributed by atoms with Crippen molar-refractivity contribution in [1.82, 2.24) is 4.98 Å². The van der Waals surface area contributed by atoms with Crippen LogP contribution in [-0.2, 0) is 37.8 Å². The van der Waals surface area contributed by atoms with Gasteiger partial charge in [0.05, 0.1) is 30.2 Å². The summed E-state index contributed by atoms with van der Waals surface area (Å²) in [5, 5.41) is 20.2. The van der Waals surface area contributed by atoms with Crippen molar-refractivity contribution in [3.05, 3.63) is 28.8 Å². The lowest BCUT2D eigenvalue weighted by Crippen LogP contribution is -2.33. The van der Waals surface area contributed by atoms with Crippen LogP contribution in [0, 0.1) is 0 Å². The molecule has 0 saturated carbocycles. The number of aromatic nitrogens is 1. The molecule has 0 amide bonds. The Morgan fingerprint density at radius 2 is 1.71 bits per heavy atom. The number of phosphoric acid groups is 3. The molecular formula is C13H11F3NO13P3S-4. The normalized spacial score (nSPS) is 27.6. The Hall–Kier alpha value is -0.810. The summed E-state index contributed by atoms with van der Waals surface area (Å²) >= 11 is 0.821. The number of phosphoric ester groups is 1. The van der Waals surface area contributed by atoms with E-state index in [2.05, 4.69) is 18.1 Å². The van der Waals surface area contributed by atoms with Crippen molar-refractivity contribution in [2.45, 2.75) is 30.6 Å². The molecule has 1 aromatic heterocycles. The molecule has 3 rings (SSSR count). The summed E-state index contributed by atoms with van der Waals surface area (Å²) in [5.41, 5.74) is -1.07. The van der Waals surface area contributed by atoms with Crippen LogP contribution in [0.25, 0.3) is 10.2 Å². The van der Waals surface area contributed by atoms with Gasteiger partial charge in [0, 0.05) is 0 Å². The Morgan fingerprint density at radius 1 is 1.06 bits per heavy atom. The van der Waals surface area contributed by atoms with E-state index < -0.39 is 66.2 Å². The van der Waals surface area contributed by atoms with Crippen LogP contribution in [0.5, 0.6) is 0 Å². The third-order valence-electron chi connectivity index (χ3n) is 4.13. The highest BCUT2D eigenvalue weighted by Crippen LogP contribution is 2.60. The monoisotopic (exact) mass is 571 g/mol. The maximum absolute atomic E-state index is 12.9. The summed E-state index contributed by atoms with van der Waals surface area (Å²) in [6.45, 7) is -1.16. The van der Waals surface area contributed by atoms with Crippen LogP contribution in [0.2, 0.25) is 0 Å². The van der Waals surface area contributed by atoms with Crippen LogP contribution >= 0.6 is 34.8 Å². The molecule has 2 unspecified atom stereocenters. The van der Waals surface area contributed by atoms with Crippen LogP contribution in [0.4, 0.5) is 13.2 Å². The number of benzene rings is 1. The number of hydrogen-bond donors (Lipinski definition) is 2. The largest absolute Gasteiger partial charge is 0.790 e. The Morgan fingerprint density at radius 3 is 2.29 bits per heavy atom. The second-order valence-corrected chi connectivity index (χ2v) is 11.9. The predicted molar refractivity (Wildman–Crippen MR) is 95.2 cm³/mol. The van der Waals surface area contributed by atoms with Gasteiger partial charge in [0.1, 0.15) is 29.4 Å². The molecule has 1 saturated heterocycles. The topological polar surface area (TPSA) is 234 Å². The molecule has 21 heteroatoms. The minimum Gasteiger partial charge on any atom is -0.790 e. The third-order valence-corrected chi connectivity index (χ3v) is 8.90. The first-order valence-corrected chi connectivity index (χ1v) is 13.8. The van der Waals surface area contributed by atoms with Gasteiger partial charge in [-0.05, 0) is 18.2 Å². The van der Waals surface area contributed by atoms with Crippen molar-refractivity contribution >= 4 is 45.0 Å². The average Bonchev–Trinajstić information content (AvgIpc) is 3.17. The summed E-state index contributed by atoms with van der Waals surface area (Å²) in [6.07, 6.45) is -11.3. The molecule has 0 radical (unpaired) electrons. The van der Waals surface area contributed by atoms with Gasteiger partial charge in [-0.25, -0.2) is 9.29 Å². The average molecular weight is 571 g/mol. The van der Waals surface area contributed by atoms with E-state index in [9.17, 15) is 56.7 Å². The second-order valence-electron chi connectivity index (χ2n) is 6.61. The van der Waals surface area contributed by atoms with Gasteiger partial charge in [0.2, 0.25) is 0 Å². The number of aliphatic hydroxyl groups excluding tert-OH is 2. The Kier molecular flexibility index (Phi) is 7.82. The molecule has 0 spiro atoms. The highest BCUT2D eigenvalue weighted by molar-refractivity contribution is 7.64. The smallest absolute Gasteiger partial charge is 0.416 e. The molecule has 1 aliphatic rings. The molecule has 1 aromatic carbocycles. The maximum atomic E-state index is 12.9. The van der Waals surface area contributed by atoms with Crippen LogP contribution in [-0.4, -0.2) is 40.1 Å². The minimum absolute atomic E-state index is 0.0657. The van der Waals surface area contributed by atoms with E-state index in [1.807, 2.05) is 0 Å². The van der Waals surface area contributed by atoms with Gasteiger partial charge < -0.3 is 43.6 Å². The quantitative estimate of drug-likeness (QED) is 0.373. The van der Waals surface area contributed by atoms with Crippen molar-refractivity contribution in [3.63, 3.8) is 0 Å². The zero-order chi connectivity index (χ0) is 25.7. The van der Waals surface area contributed by atoms with Gasteiger partial charge in [-0.1, -0.05) is 0 Å². The van der Waals surface area contributed by atoms with Gasteiger partial charge in [-0.3, -0.25) is 13.4 Å². The number of alkyl halides is 3. The molecule has 2 N–H and O–H groups in total.